The van der Waals surface area contributed by atoms with Crippen molar-refractivity contribution in [1.82, 2.24) is 5.32 Å². The van der Waals surface area contributed by atoms with E-state index in [-0.39, 0.29) is 5.91 Å². The number of amides is 2. The molecule has 1 aliphatic heterocycles. The van der Waals surface area contributed by atoms with Crippen molar-refractivity contribution in [2.24, 2.45) is 0 Å². The Bertz CT molecular complexity index is 585. The summed E-state index contributed by atoms with van der Waals surface area (Å²) in [5.74, 6) is -1.43. The number of nitrogens with zero attached hydrogens (tertiary/aromatic N) is 1. The van der Waals surface area contributed by atoms with Crippen LogP contribution in [0.15, 0.2) is 24.3 Å². The van der Waals surface area contributed by atoms with Gasteiger partial charge in [-0.1, -0.05) is 19.4 Å². The summed E-state index contributed by atoms with van der Waals surface area (Å²) in [6.07, 6.45) is 2.38. The number of rotatable bonds is 6. The van der Waals surface area contributed by atoms with Crippen molar-refractivity contribution in [2.45, 2.75) is 38.6 Å². The summed E-state index contributed by atoms with van der Waals surface area (Å²) in [5, 5.41) is 11.6. The standard InChI is InChI=1S/C16H20N2O4/c1-2-5-13(16(21)22)17-15(20)11-6-3-7-12(10-11)18-9-4-8-14(18)19/h3,6-7,10,13H,2,4-5,8-9H2,1H3,(H,17,20)(H,21,22). The Labute approximate surface area is 129 Å². The first-order chi connectivity index (χ1) is 10.5. The minimum absolute atomic E-state index is 0.0481. The molecule has 1 unspecified atom stereocenters. The van der Waals surface area contributed by atoms with E-state index in [0.29, 0.717) is 37.1 Å². The number of carboxylic acid groups (broad SMARTS) is 1. The molecule has 1 fully saturated rings. The molecule has 1 saturated heterocycles. The number of hydrogen-bond donors (Lipinski definition) is 2. The van der Waals surface area contributed by atoms with E-state index < -0.39 is 17.9 Å². The lowest BCUT2D eigenvalue weighted by atomic mass is 10.1. The second-order valence-electron chi connectivity index (χ2n) is 5.35. The predicted octanol–water partition coefficient (Wildman–Crippen LogP) is 1.80. The van der Waals surface area contributed by atoms with E-state index in [1.807, 2.05) is 6.92 Å². The number of benzene rings is 1. The highest BCUT2D eigenvalue weighted by Crippen LogP contribution is 2.22. The Balaban J connectivity index is 2.13. The molecule has 6 nitrogen and oxygen atoms in total. The van der Waals surface area contributed by atoms with Crippen molar-refractivity contribution < 1.29 is 19.5 Å². The summed E-state index contributed by atoms with van der Waals surface area (Å²) in [6, 6.07) is 5.83. The third-order valence-corrected chi connectivity index (χ3v) is 3.67. The van der Waals surface area contributed by atoms with Crippen LogP contribution in [0.25, 0.3) is 0 Å². The molecule has 0 saturated carbocycles. The van der Waals surface area contributed by atoms with Crippen LogP contribution in [0.4, 0.5) is 5.69 Å². The SMILES string of the molecule is CCCC(NC(=O)c1cccc(N2CCCC2=O)c1)C(=O)O. The molecule has 6 heteroatoms. The largest absolute Gasteiger partial charge is 0.480 e. The maximum atomic E-state index is 12.2. The molecule has 2 rings (SSSR count). The molecule has 1 atom stereocenters. The van der Waals surface area contributed by atoms with Gasteiger partial charge in [0.15, 0.2) is 0 Å². The molecule has 0 bridgehead atoms. The van der Waals surface area contributed by atoms with Gasteiger partial charge in [-0.3, -0.25) is 9.59 Å². The lowest BCUT2D eigenvalue weighted by Crippen LogP contribution is -2.40. The Kier molecular flexibility index (Phi) is 5.14. The molecule has 22 heavy (non-hydrogen) atoms. The minimum atomic E-state index is -1.04. The number of anilines is 1. The molecule has 1 aromatic carbocycles. The first kappa shape index (κ1) is 16.0. The summed E-state index contributed by atoms with van der Waals surface area (Å²) < 4.78 is 0. The van der Waals surface area contributed by atoms with E-state index in [1.165, 1.54) is 0 Å². The van der Waals surface area contributed by atoms with Gasteiger partial charge in [-0.05, 0) is 31.0 Å². The molecule has 0 aliphatic carbocycles. The van der Waals surface area contributed by atoms with E-state index in [4.69, 9.17) is 5.11 Å². The molecule has 0 spiro atoms. The maximum Gasteiger partial charge on any atom is 0.326 e. The lowest BCUT2D eigenvalue weighted by molar-refractivity contribution is -0.139. The monoisotopic (exact) mass is 304 g/mol. The molecule has 0 radical (unpaired) electrons. The zero-order valence-corrected chi connectivity index (χ0v) is 12.5. The van der Waals surface area contributed by atoms with E-state index in [0.717, 1.165) is 6.42 Å². The number of hydrogen-bond acceptors (Lipinski definition) is 3. The van der Waals surface area contributed by atoms with Crippen molar-refractivity contribution in [3.05, 3.63) is 29.8 Å². The van der Waals surface area contributed by atoms with Crippen LogP contribution >= 0.6 is 0 Å². The third-order valence-electron chi connectivity index (χ3n) is 3.67. The van der Waals surface area contributed by atoms with Gasteiger partial charge >= 0.3 is 5.97 Å². The van der Waals surface area contributed by atoms with Gasteiger partial charge in [-0.2, -0.15) is 0 Å². The quantitative estimate of drug-likeness (QED) is 0.839. The van der Waals surface area contributed by atoms with E-state index >= 15 is 0 Å². The number of carbonyl (C=O) groups is 3. The number of nitrogens with one attached hydrogen (secondary N) is 1. The van der Waals surface area contributed by atoms with Crippen LogP contribution in [-0.2, 0) is 9.59 Å². The molecule has 1 heterocycles. The van der Waals surface area contributed by atoms with Gasteiger partial charge in [0.05, 0.1) is 0 Å². The zero-order chi connectivity index (χ0) is 16.1. The highest BCUT2D eigenvalue weighted by Gasteiger charge is 2.23. The van der Waals surface area contributed by atoms with Gasteiger partial charge in [0.2, 0.25) is 5.91 Å². The van der Waals surface area contributed by atoms with Gasteiger partial charge in [-0.15, -0.1) is 0 Å². The summed E-state index contributed by atoms with van der Waals surface area (Å²) in [5.41, 5.74) is 1.04. The Morgan fingerprint density at radius 3 is 2.77 bits per heavy atom. The van der Waals surface area contributed by atoms with E-state index in [1.54, 1.807) is 29.2 Å². The maximum absolute atomic E-state index is 12.2. The third kappa shape index (κ3) is 3.63. The summed E-state index contributed by atoms with van der Waals surface area (Å²) in [6.45, 7) is 2.51. The topological polar surface area (TPSA) is 86.7 Å². The molecule has 0 aromatic heterocycles. The average molecular weight is 304 g/mol. The highest BCUT2D eigenvalue weighted by atomic mass is 16.4. The van der Waals surface area contributed by atoms with Crippen LogP contribution in [0, 0.1) is 0 Å². The summed E-state index contributed by atoms with van der Waals surface area (Å²) in [7, 11) is 0. The predicted molar refractivity (Wildman–Crippen MR) is 81.8 cm³/mol. The smallest absolute Gasteiger partial charge is 0.326 e. The Morgan fingerprint density at radius 1 is 1.41 bits per heavy atom. The van der Waals surface area contributed by atoms with Crippen LogP contribution in [0.1, 0.15) is 43.0 Å². The summed E-state index contributed by atoms with van der Waals surface area (Å²) >= 11 is 0. The van der Waals surface area contributed by atoms with Crippen molar-refractivity contribution in [1.29, 1.82) is 0 Å². The highest BCUT2D eigenvalue weighted by molar-refractivity contribution is 6.00. The van der Waals surface area contributed by atoms with Crippen molar-refractivity contribution in [3.8, 4) is 0 Å². The van der Waals surface area contributed by atoms with Crippen molar-refractivity contribution >= 4 is 23.5 Å². The molecule has 2 amide bonds. The molecule has 1 aromatic rings. The number of carbonyl (C=O) groups excluding carboxylic acids is 2. The molecular weight excluding hydrogens is 284 g/mol. The van der Waals surface area contributed by atoms with Crippen LogP contribution in [0.3, 0.4) is 0 Å². The van der Waals surface area contributed by atoms with Gasteiger partial charge in [0.25, 0.3) is 5.91 Å². The molecular formula is C16H20N2O4. The van der Waals surface area contributed by atoms with Crippen LogP contribution in [-0.4, -0.2) is 35.5 Å². The van der Waals surface area contributed by atoms with Crippen molar-refractivity contribution in [2.75, 3.05) is 11.4 Å². The summed E-state index contributed by atoms with van der Waals surface area (Å²) in [4.78, 5) is 36.7. The van der Waals surface area contributed by atoms with Gasteiger partial charge in [0, 0.05) is 24.2 Å². The second-order valence-corrected chi connectivity index (χ2v) is 5.35. The van der Waals surface area contributed by atoms with Gasteiger partial charge in [0.1, 0.15) is 6.04 Å². The molecule has 2 N–H and O–H groups in total. The van der Waals surface area contributed by atoms with E-state index in [9.17, 15) is 14.4 Å². The number of carboxylic acids is 1. The fourth-order valence-electron chi connectivity index (χ4n) is 2.52. The normalized spacial score (nSPS) is 15.7. The first-order valence-electron chi connectivity index (χ1n) is 7.47. The Morgan fingerprint density at radius 2 is 2.18 bits per heavy atom. The second kappa shape index (κ2) is 7.06. The van der Waals surface area contributed by atoms with Crippen molar-refractivity contribution in [3.63, 3.8) is 0 Å². The van der Waals surface area contributed by atoms with Gasteiger partial charge < -0.3 is 15.3 Å². The first-order valence-corrected chi connectivity index (χ1v) is 7.47. The molecule has 1 aliphatic rings. The van der Waals surface area contributed by atoms with Crippen LogP contribution in [0.2, 0.25) is 0 Å². The average Bonchev–Trinajstić information content (AvgIpc) is 2.93. The van der Waals surface area contributed by atoms with Crippen LogP contribution < -0.4 is 10.2 Å². The Hall–Kier alpha value is -2.37. The van der Waals surface area contributed by atoms with E-state index in [2.05, 4.69) is 5.32 Å². The zero-order valence-electron chi connectivity index (χ0n) is 12.5. The fourth-order valence-corrected chi connectivity index (χ4v) is 2.52. The lowest BCUT2D eigenvalue weighted by Gasteiger charge is -2.17. The fraction of sp³-hybridized carbons (Fsp3) is 0.438. The van der Waals surface area contributed by atoms with Gasteiger partial charge in [-0.25, -0.2) is 4.79 Å². The molecule has 118 valence electrons. The number of aliphatic carboxylic acids is 1. The minimum Gasteiger partial charge on any atom is -0.480 e. The van der Waals surface area contributed by atoms with Crippen LogP contribution in [0.5, 0.6) is 0 Å².